The zero-order valence-corrected chi connectivity index (χ0v) is 15.7. The van der Waals surface area contributed by atoms with E-state index in [1.807, 2.05) is 49.5 Å². The van der Waals surface area contributed by atoms with E-state index in [-0.39, 0.29) is 0 Å². The van der Waals surface area contributed by atoms with Crippen LogP contribution in [0, 0.1) is 6.92 Å². The Morgan fingerprint density at radius 2 is 2.00 bits per heavy atom. The number of halogens is 1. The normalized spacial score (nSPS) is 10.6. The molecule has 0 unspecified atom stereocenters. The van der Waals surface area contributed by atoms with Gasteiger partial charge >= 0.3 is 0 Å². The standard InChI is InChI=1S/C20H22ClN5/c1-3-4-10-22-19-17(9-6-11-23-19)18-14(2)13-24-20(26-18)25-16-8-5-7-15(21)12-16/h5-9,11-13H,3-4,10H2,1-2H3,(H,22,23)(H,24,25,26). The van der Waals surface area contributed by atoms with Crippen LogP contribution in [-0.2, 0) is 0 Å². The van der Waals surface area contributed by atoms with Crippen molar-refractivity contribution in [2.75, 3.05) is 17.2 Å². The quantitative estimate of drug-likeness (QED) is 0.543. The van der Waals surface area contributed by atoms with E-state index < -0.39 is 0 Å². The number of anilines is 3. The second kappa shape index (κ2) is 8.63. The largest absolute Gasteiger partial charge is 0.370 e. The first-order valence-corrected chi connectivity index (χ1v) is 9.10. The molecule has 26 heavy (non-hydrogen) atoms. The van der Waals surface area contributed by atoms with Gasteiger partial charge in [-0.1, -0.05) is 31.0 Å². The maximum Gasteiger partial charge on any atom is 0.227 e. The van der Waals surface area contributed by atoms with Crippen LogP contribution in [0.2, 0.25) is 5.02 Å². The molecule has 0 aliphatic rings. The van der Waals surface area contributed by atoms with Crippen molar-refractivity contribution in [1.29, 1.82) is 0 Å². The van der Waals surface area contributed by atoms with Crippen LogP contribution in [0.1, 0.15) is 25.3 Å². The average molecular weight is 368 g/mol. The molecule has 1 aromatic carbocycles. The summed E-state index contributed by atoms with van der Waals surface area (Å²) in [5.74, 6) is 1.37. The van der Waals surface area contributed by atoms with Gasteiger partial charge in [0.15, 0.2) is 0 Å². The number of aromatic nitrogens is 3. The smallest absolute Gasteiger partial charge is 0.227 e. The molecule has 3 rings (SSSR count). The summed E-state index contributed by atoms with van der Waals surface area (Å²) < 4.78 is 0. The van der Waals surface area contributed by atoms with E-state index in [0.717, 1.165) is 47.7 Å². The molecule has 0 aliphatic carbocycles. The highest BCUT2D eigenvalue weighted by Crippen LogP contribution is 2.28. The third-order valence-corrected chi connectivity index (χ3v) is 4.17. The third kappa shape index (κ3) is 4.49. The Kier molecular flexibility index (Phi) is 6.02. The second-order valence-corrected chi connectivity index (χ2v) is 6.48. The van der Waals surface area contributed by atoms with Crippen LogP contribution < -0.4 is 10.6 Å². The SMILES string of the molecule is CCCCNc1ncccc1-c1nc(Nc2cccc(Cl)c2)ncc1C. The highest BCUT2D eigenvalue weighted by atomic mass is 35.5. The summed E-state index contributed by atoms with van der Waals surface area (Å²) in [4.78, 5) is 13.6. The van der Waals surface area contributed by atoms with E-state index >= 15 is 0 Å². The number of benzene rings is 1. The number of rotatable bonds is 7. The molecule has 0 saturated heterocycles. The van der Waals surface area contributed by atoms with Gasteiger partial charge in [-0.25, -0.2) is 15.0 Å². The van der Waals surface area contributed by atoms with Crippen LogP contribution in [0.25, 0.3) is 11.3 Å². The summed E-state index contributed by atoms with van der Waals surface area (Å²) in [7, 11) is 0. The Morgan fingerprint density at radius 1 is 1.12 bits per heavy atom. The summed E-state index contributed by atoms with van der Waals surface area (Å²) >= 11 is 6.05. The lowest BCUT2D eigenvalue weighted by Crippen LogP contribution is -2.06. The number of unbranched alkanes of at least 4 members (excludes halogenated alkanes) is 1. The van der Waals surface area contributed by atoms with Crippen molar-refractivity contribution in [3.63, 3.8) is 0 Å². The summed E-state index contributed by atoms with van der Waals surface area (Å²) in [5, 5.41) is 7.28. The van der Waals surface area contributed by atoms with Crippen LogP contribution in [0.3, 0.4) is 0 Å². The number of nitrogens with zero attached hydrogens (tertiary/aromatic N) is 3. The minimum Gasteiger partial charge on any atom is -0.370 e. The van der Waals surface area contributed by atoms with E-state index in [1.165, 1.54) is 0 Å². The van der Waals surface area contributed by atoms with Crippen LogP contribution in [0.4, 0.5) is 17.5 Å². The maximum absolute atomic E-state index is 6.05. The fourth-order valence-electron chi connectivity index (χ4n) is 2.59. The lowest BCUT2D eigenvalue weighted by molar-refractivity contribution is 0.831. The van der Waals surface area contributed by atoms with Gasteiger partial charge in [-0.3, -0.25) is 0 Å². The summed E-state index contributed by atoms with van der Waals surface area (Å²) in [5.41, 5.74) is 3.67. The number of aryl methyl sites for hydroxylation is 1. The summed E-state index contributed by atoms with van der Waals surface area (Å²) in [6, 6.07) is 11.4. The van der Waals surface area contributed by atoms with Crippen molar-refractivity contribution >= 4 is 29.1 Å². The van der Waals surface area contributed by atoms with Crippen molar-refractivity contribution in [1.82, 2.24) is 15.0 Å². The number of pyridine rings is 1. The van der Waals surface area contributed by atoms with Crippen LogP contribution >= 0.6 is 11.6 Å². The van der Waals surface area contributed by atoms with Crippen molar-refractivity contribution in [2.45, 2.75) is 26.7 Å². The maximum atomic E-state index is 6.05. The van der Waals surface area contributed by atoms with E-state index in [2.05, 4.69) is 27.5 Å². The molecule has 2 aromatic heterocycles. The van der Waals surface area contributed by atoms with Gasteiger partial charge < -0.3 is 10.6 Å². The Labute approximate surface area is 158 Å². The third-order valence-electron chi connectivity index (χ3n) is 3.94. The van der Waals surface area contributed by atoms with Crippen LogP contribution in [-0.4, -0.2) is 21.5 Å². The summed E-state index contributed by atoms with van der Waals surface area (Å²) in [6.07, 6.45) is 5.84. The predicted molar refractivity (Wildman–Crippen MR) is 108 cm³/mol. The molecular formula is C20H22ClN5. The monoisotopic (exact) mass is 367 g/mol. The summed E-state index contributed by atoms with van der Waals surface area (Å²) in [6.45, 7) is 5.06. The second-order valence-electron chi connectivity index (χ2n) is 6.04. The highest BCUT2D eigenvalue weighted by Gasteiger charge is 2.12. The van der Waals surface area contributed by atoms with Gasteiger partial charge in [0.25, 0.3) is 0 Å². The molecule has 0 bridgehead atoms. The fourth-order valence-corrected chi connectivity index (χ4v) is 2.78. The van der Waals surface area contributed by atoms with E-state index in [9.17, 15) is 0 Å². The molecule has 3 aromatic rings. The van der Waals surface area contributed by atoms with E-state index in [0.29, 0.717) is 11.0 Å². The van der Waals surface area contributed by atoms with Gasteiger partial charge in [0, 0.05) is 35.2 Å². The topological polar surface area (TPSA) is 62.7 Å². The fraction of sp³-hybridized carbons (Fsp3) is 0.250. The lowest BCUT2D eigenvalue weighted by atomic mass is 10.1. The Bertz CT molecular complexity index is 882. The first-order chi connectivity index (χ1) is 12.7. The van der Waals surface area contributed by atoms with Crippen LogP contribution in [0.5, 0.6) is 0 Å². The van der Waals surface area contributed by atoms with Gasteiger partial charge in [-0.05, 0) is 49.2 Å². The number of hydrogen-bond donors (Lipinski definition) is 2. The van der Waals surface area contributed by atoms with Crippen molar-refractivity contribution in [3.8, 4) is 11.3 Å². The minimum atomic E-state index is 0.524. The number of hydrogen-bond acceptors (Lipinski definition) is 5. The zero-order valence-electron chi connectivity index (χ0n) is 15.0. The van der Waals surface area contributed by atoms with E-state index in [1.54, 1.807) is 6.20 Å². The van der Waals surface area contributed by atoms with Crippen molar-refractivity contribution in [3.05, 3.63) is 59.4 Å². The molecule has 0 amide bonds. The van der Waals surface area contributed by atoms with Crippen molar-refractivity contribution in [2.24, 2.45) is 0 Å². The molecule has 2 N–H and O–H groups in total. The van der Waals surface area contributed by atoms with Gasteiger partial charge in [0.05, 0.1) is 5.69 Å². The molecule has 134 valence electrons. The molecule has 0 atom stereocenters. The van der Waals surface area contributed by atoms with Gasteiger partial charge in [-0.2, -0.15) is 0 Å². The first kappa shape index (κ1) is 18.1. The molecule has 0 aliphatic heterocycles. The zero-order chi connectivity index (χ0) is 18.4. The molecule has 0 fully saturated rings. The molecule has 0 radical (unpaired) electrons. The van der Waals surface area contributed by atoms with Crippen LogP contribution in [0.15, 0.2) is 48.8 Å². The van der Waals surface area contributed by atoms with Gasteiger partial charge in [0.2, 0.25) is 5.95 Å². The lowest BCUT2D eigenvalue weighted by Gasteiger charge is -2.13. The predicted octanol–water partition coefficient (Wildman–Crippen LogP) is 5.46. The minimum absolute atomic E-state index is 0.524. The average Bonchev–Trinajstić information content (AvgIpc) is 2.64. The molecule has 0 spiro atoms. The molecule has 2 heterocycles. The highest BCUT2D eigenvalue weighted by molar-refractivity contribution is 6.30. The molecule has 6 heteroatoms. The van der Waals surface area contributed by atoms with Crippen molar-refractivity contribution < 1.29 is 0 Å². The van der Waals surface area contributed by atoms with Gasteiger partial charge in [0.1, 0.15) is 5.82 Å². The Balaban J connectivity index is 1.91. The Morgan fingerprint density at radius 3 is 2.81 bits per heavy atom. The van der Waals surface area contributed by atoms with E-state index in [4.69, 9.17) is 16.6 Å². The van der Waals surface area contributed by atoms with Gasteiger partial charge in [-0.15, -0.1) is 0 Å². The number of nitrogens with one attached hydrogen (secondary N) is 2. The molecule has 5 nitrogen and oxygen atoms in total. The Hall–Kier alpha value is -2.66. The molecular weight excluding hydrogens is 346 g/mol. The first-order valence-electron chi connectivity index (χ1n) is 8.73. The molecule has 0 saturated carbocycles.